The molecule has 240 valence electrons. The Morgan fingerprint density at radius 2 is 1.10 bits per heavy atom. The molecular formula is C47H31N3O. The summed E-state index contributed by atoms with van der Waals surface area (Å²) in [7, 11) is 0. The standard InChI is InChI=1S/C47H31N3O/c1-3-11-30(12-4-1)31-19-22-34(23-20-31)46-48-45(33-14-5-2-6-15-33)49-47(50-46)41-28-37(29-43-44(41)40-17-9-10-18-42(40)51-43)35-25-26-39-36(27-35)24-21-32-13-7-8-16-38(32)39/h1-29,46H,(H,48,49,50). The van der Waals surface area contributed by atoms with Crippen LogP contribution in [0.1, 0.15) is 22.9 Å². The Kier molecular flexibility index (Phi) is 6.85. The van der Waals surface area contributed by atoms with Crippen molar-refractivity contribution in [2.45, 2.75) is 6.17 Å². The van der Waals surface area contributed by atoms with E-state index in [9.17, 15) is 0 Å². The molecule has 4 heteroatoms. The largest absolute Gasteiger partial charge is 0.456 e. The predicted octanol–water partition coefficient (Wildman–Crippen LogP) is 11.7. The van der Waals surface area contributed by atoms with Crippen molar-refractivity contribution in [2.75, 3.05) is 0 Å². The number of furan rings is 1. The number of amidine groups is 2. The maximum Gasteiger partial charge on any atom is 0.160 e. The summed E-state index contributed by atoms with van der Waals surface area (Å²) >= 11 is 0. The highest BCUT2D eigenvalue weighted by Crippen LogP contribution is 2.38. The molecule has 0 amide bonds. The maximum absolute atomic E-state index is 6.55. The Bertz CT molecular complexity index is 2820. The normalized spacial score (nSPS) is 14.5. The Morgan fingerprint density at radius 1 is 0.451 bits per heavy atom. The van der Waals surface area contributed by atoms with Crippen molar-refractivity contribution in [3.8, 4) is 22.3 Å². The molecule has 4 nitrogen and oxygen atoms in total. The quantitative estimate of drug-likeness (QED) is 0.188. The van der Waals surface area contributed by atoms with Crippen LogP contribution in [0.15, 0.2) is 190 Å². The Balaban J connectivity index is 1.16. The van der Waals surface area contributed by atoms with Gasteiger partial charge in [0.2, 0.25) is 0 Å². The summed E-state index contributed by atoms with van der Waals surface area (Å²) in [4.78, 5) is 10.6. The zero-order chi connectivity index (χ0) is 33.7. The third-order valence-corrected chi connectivity index (χ3v) is 9.92. The van der Waals surface area contributed by atoms with E-state index in [-0.39, 0.29) is 6.17 Å². The molecule has 1 aromatic heterocycles. The van der Waals surface area contributed by atoms with Gasteiger partial charge in [0, 0.05) is 21.9 Å². The summed E-state index contributed by atoms with van der Waals surface area (Å²) in [6.07, 6.45) is -0.344. The summed E-state index contributed by atoms with van der Waals surface area (Å²) in [5.74, 6) is 1.44. The van der Waals surface area contributed by atoms with Crippen LogP contribution in [0, 0.1) is 0 Å². The molecule has 0 saturated heterocycles. The summed E-state index contributed by atoms with van der Waals surface area (Å²) in [6.45, 7) is 0. The number of hydrogen-bond donors (Lipinski definition) is 1. The Hall–Kier alpha value is -6.78. The van der Waals surface area contributed by atoms with E-state index in [2.05, 4.69) is 145 Å². The molecule has 9 aromatic rings. The van der Waals surface area contributed by atoms with Gasteiger partial charge in [0.15, 0.2) is 5.84 Å². The van der Waals surface area contributed by atoms with Crippen LogP contribution in [0.25, 0.3) is 65.7 Å². The molecule has 0 saturated carbocycles. The van der Waals surface area contributed by atoms with Gasteiger partial charge < -0.3 is 9.73 Å². The molecule has 10 rings (SSSR count). The number of fused-ring (bicyclic) bond motifs is 6. The third kappa shape index (κ3) is 5.17. The zero-order valence-corrected chi connectivity index (χ0v) is 27.6. The molecule has 1 aliphatic rings. The highest BCUT2D eigenvalue weighted by atomic mass is 16.3. The second-order valence-electron chi connectivity index (χ2n) is 13.0. The van der Waals surface area contributed by atoms with Crippen molar-refractivity contribution in [1.82, 2.24) is 5.32 Å². The smallest absolute Gasteiger partial charge is 0.160 e. The van der Waals surface area contributed by atoms with Crippen molar-refractivity contribution in [2.24, 2.45) is 9.98 Å². The van der Waals surface area contributed by atoms with E-state index in [0.717, 1.165) is 55.6 Å². The van der Waals surface area contributed by atoms with E-state index in [1.165, 1.54) is 32.7 Å². The molecule has 0 spiro atoms. The van der Waals surface area contributed by atoms with E-state index in [1.54, 1.807) is 0 Å². The number of benzene rings is 8. The van der Waals surface area contributed by atoms with E-state index < -0.39 is 0 Å². The van der Waals surface area contributed by atoms with Crippen LogP contribution in [0.4, 0.5) is 0 Å². The summed E-state index contributed by atoms with van der Waals surface area (Å²) < 4.78 is 6.55. The average Bonchev–Trinajstić information content (AvgIpc) is 3.59. The second kappa shape index (κ2) is 12.0. The lowest BCUT2D eigenvalue weighted by atomic mass is 9.94. The van der Waals surface area contributed by atoms with Gasteiger partial charge in [0.25, 0.3) is 0 Å². The number of hydrogen-bond acceptors (Lipinski definition) is 4. The molecule has 0 bridgehead atoms. The number of aliphatic imine (C=N–C) groups is 2. The van der Waals surface area contributed by atoms with E-state index >= 15 is 0 Å². The van der Waals surface area contributed by atoms with Crippen molar-refractivity contribution in [3.63, 3.8) is 0 Å². The molecule has 2 heterocycles. The van der Waals surface area contributed by atoms with Crippen molar-refractivity contribution >= 4 is 55.2 Å². The zero-order valence-electron chi connectivity index (χ0n) is 27.6. The molecular weight excluding hydrogens is 623 g/mol. The minimum atomic E-state index is -0.344. The van der Waals surface area contributed by atoms with Crippen LogP contribution >= 0.6 is 0 Å². The van der Waals surface area contributed by atoms with Gasteiger partial charge in [-0.15, -0.1) is 0 Å². The molecule has 1 unspecified atom stereocenters. The molecule has 51 heavy (non-hydrogen) atoms. The highest BCUT2D eigenvalue weighted by Gasteiger charge is 2.24. The maximum atomic E-state index is 6.55. The first kappa shape index (κ1) is 29.2. The van der Waals surface area contributed by atoms with E-state index in [1.807, 2.05) is 36.4 Å². The Labute approximate surface area is 295 Å². The molecule has 0 fully saturated rings. The van der Waals surface area contributed by atoms with Crippen molar-refractivity contribution in [3.05, 3.63) is 193 Å². The lowest BCUT2D eigenvalue weighted by molar-refractivity contribution is 0.668. The minimum Gasteiger partial charge on any atom is -0.456 e. The van der Waals surface area contributed by atoms with Gasteiger partial charge >= 0.3 is 0 Å². The highest BCUT2D eigenvalue weighted by molar-refractivity contribution is 6.22. The fourth-order valence-corrected chi connectivity index (χ4v) is 7.36. The van der Waals surface area contributed by atoms with Crippen LogP contribution in [0.5, 0.6) is 0 Å². The first-order chi connectivity index (χ1) is 25.2. The number of nitrogens with zero attached hydrogens (tertiary/aromatic N) is 2. The first-order valence-corrected chi connectivity index (χ1v) is 17.3. The SMILES string of the molecule is c1ccc(C2=NC(c3cc(-c4ccc5c(ccc6ccccc65)c4)cc4oc5ccccc5c34)=NC(c3ccc(-c4ccccc4)cc3)N2)cc1. The lowest BCUT2D eigenvalue weighted by Gasteiger charge is -2.24. The predicted molar refractivity (Wildman–Crippen MR) is 211 cm³/mol. The van der Waals surface area contributed by atoms with Gasteiger partial charge in [-0.1, -0.05) is 152 Å². The van der Waals surface area contributed by atoms with Crippen molar-refractivity contribution in [1.29, 1.82) is 0 Å². The van der Waals surface area contributed by atoms with Crippen LogP contribution in [-0.4, -0.2) is 11.7 Å². The summed E-state index contributed by atoms with van der Waals surface area (Å²) in [5.41, 5.74) is 9.15. The average molecular weight is 654 g/mol. The van der Waals surface area contributed by atoms with Gasteiger partial charge in [-0.05, 0) is 73.6 Å². The Morgan fingerprint density at radius 3 is 1.92 bits per heavy atom. The molecule has 1 aliphatic heterocycles. The van der Waals surface area contributed by atoms with Crippen LogP contribution in [0.2, 0.25) is 0 Å². The monoisotopic (exact) mass is 653 g/mol. The van der Waals surface area contributed by atoms with Crippen LogP contribution < -0.4 is 5.32 Å². The van der Waals surface area contributed by atoms with E-state index in [0.29, 0.717) is 5.84 Å². The molecule has 8 aromatic carbocycles. The van der Waals surface area contributed by atoms with Gasteiger partial charge in [0.05, 0.1) is 0 Å². The van der Waals surface area contributed by atoms with Crippen LogP contribution in [0.3, 0.4) is 0 Å². The molecule has 0 aliphatic carbocycles. The molecule has 0 radical (unpaired) electrons. The number of rotatable bonds is 5. The first-order valence-electron chi connectivity index (χ1n) is 17.3. The number of para-hydroxylation sites is 1. The number of nitrogens with one attached hydrogen (secondary N) is 1. The van der Waals surface area contributed by atoms with Gasteiger partial charge in [-0.25, -0.2) is 9.98 Å². The fourth-order valence-electron chi connectivity index (χ4n) is 7.36. The summed E-state index contributed by atoms with van der Waals surface area (Å²) in [6, 6.07) is 61.7. The van der Waals surface area contributed by atoms with Gasteiger partial charge in [-0.2, -0.15) is 0 Å². The molecule has 1 N–H and O–H groups in total. The van der Waals surface area contributed by atoms with Gasteiger partial charge in [-0.3, -0.25) is 0 Å². The lowest BCUT2D eigenvalue weighted by Crippen LogP contribution is -2.33. The summed E-state index contributed by atoms with van der Waals surface area (Å²) in [5, 5.41) is 10.6. The minimum absolute atomic E-state index is 0.344. The van der Waals surface area contributed by atoms with Crippen molar-refractivity contribution < 1.29 is 4.42 Å². The third-order valence-electron chi connectivity index (χ3n) is 9.92. The van der Waals surface area contributed by atoms with Crippen LogP contribution in [-0.2, 0) is 0 Å². The van der Waals surface area contributed by atoms with E-state index in [4.69, 9.17) is 14.4 Å². The fraction of sp³-hybridized carbons (Fsp3) is 0.0213. The molecule has 1 atom stereocenters. The topological polar surface area (TPSA) is 49.9 Å². The second-order valence-corrected chi connectivity index (χ2v) is 13.0. The van der Waals surface area contributed by atoms with Gasteiger partial charge in [0.1, 0.15) is 23.2 Å².